The quantitative estimate of drug-likeness (QED) is 0.857. The third-order valence-electron chi connectivity index (χ3n) is 3.44. The molecule has 0 saturated heterocycles. The van der Waals surface area contributed by atoms with Crippen molar-refractivity contribution in [1.82, 2.24) is 0 Å². The maximum absolute atomic E-state index is 11.6. The normalized spacial score (nSPS) is 10.4. The van der Waals surface area contributed by atoms with Crippen molar-refractivity contribution in [2.24, 2.45) is 5.73 Å². The first kappa shape index (κ1) is 12.4. The summed E-state index contributed by atoms with van der Waals surface area (Å²) in [5.41, 5.74) is 11.3. The number of rotatable bonds is 2. The topological polar surface area (TPSA) is 43.1 Å². The van der Waals surface area contributed by atoms with Crippen LogP contribution in [0.2, 0.25) is 0 Å². The number of hydrogen-bond acceptors (Lipinski definition) is 1. The van der Waals surface area contributed by atoms with Crippen molar-refractivity contribution < 1.29 is 4.79 Å². The smallest absolute Gasteiger partial charge is 0.249 e. The minimum absolute atomic E-state index is 0.356. The molecule has 0 spiro atoms. The summed E-state index contributed by atoms with van der Waals surface area (Å²) in [6, 6.07) is 12.2. The van der Waals surface area contributed by atoms with Crippen LogP contribution in [0.25, 0.3) is 11.1 Å². The van der Waals surface area contributed by atoms with Crippen LogP contribution in [0, 0.1) is 20.8 Å². The van der Waals surface area contributed by atoms with Crippen LogP contribution in [0.4, 0.5) is 0 Å². The van der Waals surface area contributed by atoms with Gasteiger partial charge in [0, 0.05) is 5.56 Å². The fourth-order valence-corrected chi connectivity index (χ4v) is 2.33. The predicted molar refractivity (Wildman–Crippen MR) is 74.6 cm³/mol. The molecule has 0 fully saturated rings. The van der Waals surface area contributed by atoms with Crippen LogP contribution in [0.3, 0.4) is 0 Å². The lowest BCUT2D eigenvalue weighted by Gasteiger charge is -2.15. The van der Waals surface area contributed by atoms with Crippen molar-refractivity contribution in [2.45, 2.75) is 20.8 Å². The van der Waals surface area contributed by atoms with E-state index in [4.69, 9.17) is 5.73 Å². The van der Waals surface area contributed by atoms with Gasteiger partial charge in [-0.15, -0.1) is 0 Å². The molecule has 2 heteroatoms. The van der Waals surface area contributed by atoms with Crippen molar-refractivity contribution >= 4 is 5.91 Å². The van der Waals surface area contributed by atoms with Crippen LogP contribution in [-0.4, -0.2) is 5.91 Å². The van der Waals surface area contributed by atoms with Crippen LogP contribution in [0.15, 0.2) is 36.4 Å². The Kier molecular flexibility index (Phi) is 3.19. The third-order valence-corrected chi connectivity index (χ3v) is 3.44. The number of aryl methyl sites for hydroxylation is 1. The van der Waals surface area contributed by atoms with Gasteiger partial charge in [0.15, 0.2) is 0 Å². The highest BCUT2D eigenvalue weighted by Crippen LogP contribution is 2.29. The second kappa shape index (κ2) is 4.65. The Balaban J connectivity index is 2.75. The number of primary amides is 1. The maximum Gasteiger partial charge on any atom is 0.249 e. The molecule has 2 nitrogen and oxygen atoms in total. The minimum atomic E-state index is -0.356. The number of amides is 1. The molecule has 0 aromatic heterocycles. The van der Waals surface area contributed by atoms with Crippen LogP contribution < -0.4 is 5.73 Å². The highest BCUT2D eigenvalue weighted by Gasteiger charge is 2.15. The van der Waals surface area contributed by atoms with Gasteiger partial charge >= 0.3 is 0 Å². The van der Waals surface area contributed by atoms with Crippen molar-refractivity contribution in [1.29, 1.82) is 0 Å². The van der Waals surface area contributed by atoms with E-state index >= 15 is 0 Å². The molecule has 0 radical (unpaired) electrons. The van der Waals surface area contributed by atoms with Crippen LogP contribution in [-0.2, 0) is 0 Å². The maximum atomic E-state index is 11.6. The second-order valence-corrected chi connectivity index (χ2v) is 4.60. The van der Waals surface area contributed by atoms with Gasteiger partial charge in [0.25, 0.3) is 0 Å². The van der Waals surface area contributed by atoms with Crippen molar-refractivity contribution in [3.8, 4) is 11.1 Å². The Bertz CT molecular complexity index is 600. The lowest BCUT2D eigenvalue weighted by atomic mass is 9.90. The average molecular weight is 239 g/mol. The van der Waals surface area contributed by atoms with Gasteiger partial charge < -0.3 is 5.73 Å². The molecule has 1 amide bonds. The summed E-state index contributed by atoms with van der Waals surface area (Å²) in [4.78, 5) is 11.6. The van der Waals surface area contributed by atoms with E-state index in [2.05, 4.69) is 6.07 Å². The van der Waals surface area contributed by atoms with Crippen molar-refractivity contribution in [2.75, 3.05) is 0 Å². The Morgan fingerprint density at radius 1 is 1.00 bits per heavy atom. The van der Waals surface area contributed by atoms with E-state index in [1.807, 2.05) is 51.1 Å². The molecular formula is C16H17NO. The number of carbonyl (C=O) groups is 1. The van der Waals surface area contributed by atoms with Gasteiger partial charge in [0.1, 0.15) is 0 Å². The lowest BCUT2D eigenvalue weighted by Crippen LogP contribution is -2.16. The summed E-state index contributed by atoms with van der Waals surface area (Å²) < 4.78 is 0. The molecule has 0 unspecified atom stereocenters. The SMILES string of the molecule is Cc1cc(-c2ccccc2)c(C)c(C(N)=O)c1C. The van der Waals surface area contributed by atoms with E-state index in [1.54, 1.807) is 0 Å². The molecule has 92 valence electrons. The zero-order valence-electron chi connectivity index (χ0n) is 10.9. The van der Waals surface area contributed by atoms with Gasteiger partial charge in [0.05, 0.1) is 0 Å². The molecule has 0 aliphatic rings. The Labute approximate surface area is 107 Å². The van der Waals surface area contributed by atoms with E-state index in [-0.39, 0.29) is 5.91 Å². The second-order valence-electron chi connectivity index (χ2n) is 4.60. The molecule has 18 heavy (non-hydrogen) atoms. The van der Waals surface area contributed by atoms with E-state index in [9.17, 15) is 4.79 Å². The number of nitrogens with two attached hydrogens (primary N) is 1. The molecule has 0 heterocycles. The largest absolute Gasteiger partial charge is 0.366 e. The zero-order chi connectivity index (χ0) is 13.3. The summed E-state index contributed by atoms with van der Waals surface area (Å²) in [5.74, 6) is -0.356. The molecule has 2 rings (SSSR count). The summed E-state index contributed by atoms with van der Waals surface area (Å²) in [6.07, 6.45) is 0. The zero-order valence-corrected chi connectivity index (χ0v) is 10.9. The Morgan fingerprint density at radius 2 is 1.61 bits per heavy atom. The van der Waals surface area contributed by atoms with E-state index in [0.717, 1.165) is 27.8 Å². The van der Waals surface area contributed by atoms with Gasteiger partial charge in [-0.2, -0.15) is 0 Å². The van der Waals surface area contributed by atoms with E-state index in [0.29, 0.717) is 5.56 Å². The Hall–Kier alpha value is -2.09. The van der Waals surface area contributed by atoms with Crippen LogP contribution in [0.5, 0.6) is 0 Å². The predicted octanol–water partition coefficient (Wildman–Crippen LogP) is 3.38. The molecule has 0 bridgehead atoms. The van der Waals surface area contributed by atoms with E-state index < -0.39 is 0 Å². The molecule has 2 aromatic carbocycles. The van der Waals surface area contributed by atoms with Crippen molar-refractivity contribution in [3.05, 3.63) is 58.7 Å². The lowest BCUT2D eigenvalue weighted by molar-refractivity contribution is 0.0999. The first-order valence-electron chi connectivity index (χ1n) is 5.98. The highest BCUT2D eigenvalue weighted by atomic mass is 16.1. The minimum Gasteiger partial charge on any atom is -0.366 e. The van der Waals surface area contributed by atoms with Crippen molar-refractivity contribution in [3.63, 3.8) is 0 Å². The van der Waals surface area contributed by atoms with Gasteiger partial charge in [0.2, 0.25) is 5.91 Å². The summed E-state index contributed by atoms with van der Waals surface area (Å²) in [5, 5.41) is 0. The van der Waals surface area contributed by atoms with Gasteiger partial charge in [-0.1, -0.05) is 36.4 Å². The van der Waals surface area contributed by atoms with Gasteiger partial charge in [-0.25, -0.2) is 0 Å². The summed E-state index contributed by atoms with van der Waals surface area (Å²) >= 11 is 0. The fraction of sp³-hybridized carbons (Fsp3) is 0.188. The van der Waals surface area contributed by atoms with E-state index in [1.165, 1.54) is 0 Å². The fourth-order valence-electron chi connectivity index (χ4n) is 2.33. The van der Waals surface area contributed by atoms with Crippen LogP contribution >= 0.6 is 0 Å². The average Bonchev–Trinajstić information content (AvgIpc) is 2.34. The standard InChI is InChI=1S/C16H17NO/c1-10-9-14(13-7-5-4-6-8-13)12(3)15(11(10)2)16(17)18/h4-9H,1-3H3,(H2,17,18). The number of benzene rings is 2. The van der Waals surface area contributed by atoms with Gasteiger partial charge in [-0.3, -0.25) is 4.79 Å². The first-order valence-corrected chi connectivity index (χ1v) is 5.98. The molecule has 0 aliphatic carbocycles. The van der Waals surface area contributed by atoms with Crippen LogP contribution in [0.1, 0.15) is 27.0 Å². The highest BCUT2D eigenvalue weighted by molar-refractivity contribution is 5.98. The molecule has 2 aromatic rings. The monoisotopic (exact) mass is 239 g/mol. The summed E-state index contributed by atoms with van der Waals surface area (Å²) in [7, 11) is 0. The molecule has 0 saturated carbocycles. The summed E-state index contributed by atoms with van der Waals surface area (Å²) in [6.45, 7) is 5.90. The first-order chi connectivity index (χ1) is 8.52. The molecule has 2 N–H and O–H groups in total. The van der Waals surface area contributed by atoms with Gasteiger partial charge in [-0.05, 0) is 48.6 Å². The number of hydrogen-bond donors (Lipinski definition) is 1. The Morgan fingerprint density at radius 3 is 2.17 bits per heavy atom. The number of carbonyl (C=O) groups excluding carboxylic acids is 1. The molecular weight excluding hydrogens is 222 g/mol. The molecule has 0 atom stereocenters. The third kappa shape index (κ3) is 2.02. The molecule has 0 aliphatic heterocycles.